The van der Waals surface area contributed by atoms with Crippen molar-refractivity contribution in [1.82, 2.24) is 14.5 Å². The first-order valence-electron chi connectivity index (χ1n) is 8.96. The molecular formula is C19H23FN4O2S. The minimum absolute atomic E-state index is 0.0673. The van der Waals surface area contributed by atoms with E-state index in [0.717, 1.165) is 11.7 Å². The summed E-state index contributed by atoms with van der Waals surface area (Å²) in [7, 11) is 0. The molecule has 2 heterocycles. The molecule has 27 heavy (non-hydrogen) atoms. The first-order chi connectivity index (χ1) is 13.0. The van der Waals surface area contributed by atoms with Crippen LogP contribution in [0.2, 0.25) is 0 Å². The number of aryl methyl sites for hydroxylation is 1. The van der Waals surface area contributed by atoms with Crippen LogP contribution in [0.5, 0.6) is 0 Å². The molecule has 1 saturated heterocycles. The molecule has 8 heteroatoms. The average molecular weight is 390 g/mol. The number of imidazole rings is 1. The molecule has 0 saturated carbocycles. The number of nitrogens with zero attached hydrogens (tertiary/aromatic N) is 4. The lowest BCUT2D eigenvalue weighted by atomic mass is 10.1. The fourth-order valence-corrected chi connectivity index (χ4v) is 4.00. The predicted molar refractivity (Wildman–Crippen MR) is 104 cm³/mol. The number of carbonyl (C=O) groups is 2. The third-order valence-corrected chi connectivity index (χ3v) is 5.66. The Balaban J connectivity index is 1.54. The number of benzene rings is 1. The molecule has 1 aromatic heterocycles. The molecule has 1 amide bonds. The largest absolute Gasteiger partial charge is 0.366 e. The molecule has 0 atom stereocenters. The molecule has 0 aliphatic carbocycles. The number of hydrogen-bond acceptors (Lipinski definition) is 5. The number of anilines is 1. The molecule has 1 aliphatic heterocycles. The number of ketones is 1. The van der Waals surface area contributed by atoms with Crippen molar-refractivity contribution in [3.05, 3.63) is 42.0 Å². The molecule has 0 spiro atoms. The number of amides is 1. The highest BCUT2D eigenvalue weighted by molar-refractivity contribution is 7.99. The third-order valence-electron chi connectivity index (χ3n) is 4.67. The average Bonchev–Trinajstić information content (AvgIpc) is 3.13. The van der Waals surface area contributed by atoms with E-state index in [-0.39, 0.29) is 11.7 Å². The van der Waals surface area contributed by atoms with Gasteiger partial charge in [-0.2, -0.15) is 0 Å². The number of halogens is 1. The van der Waals surface area contributed by atoms with Crippen LogP contribution < -0.4 is 4.90 Å². The fourth-order valence-electron chi connectivity index (χ4n) is 3.07. The number of hydrogen-bond donors (Lipinski definition) is 0. The van der Waals surface area contributed by atoms with Crippen molar-refractivity contribution >= 4 is 29.1 Å². The molecule has 3 rings (SSSR count). The Hall–Kier alpha value is -2.35. The molecule has 1 fully saturated rings. The van der Waals surface area contributed by atoms with Gasteiger partial charge < -0.3 is 14.4 Å². The quantitative estimate of drug-likeness (QED) is 0.561. The lowest BCUT2D eigenvalue weighted by molar-refractivity contribution is -0.128. The summed E-state index contributed by atoms with van der Waals surface area (Å²) in [5.41, 5.74) is 0.846. The van der Waals surface area contributed by atoms with Gasteiger partial charge in [0.15, 0.2) is 10.9 Å². The van der Waals surface area contributed by atoms with Crippen molar-refractivity contribution in [2.45, 2.75) is 25.5 Å². The van der Waals surface area contributed by atoms with E-state index >= 15 is 0 Å². The van der Waals surface area contributed by atoms with Gasteiger partial charge in [-0.05, 0) is 32.0 Å². The Morgan fingerprint density at radius 3 is 2.59 bits per heavy atom. The van der Waals surface area contributed by atoms with Gasteiger partial charge in [0, 0.05) is 50.7 Å². The van der Waals surface area contributed by atoms with Gasteiger partial charge in [-0.1, -0.05) is 11.8 Å². The molecule has 1 aliphatic rings. The molecule has 0 unspecified atom stereocenters. The zero-order chi connectivity index (χ0) is 19.4. The van der Waals surface area contributed by atoms with Crippen LogP contribution in [-0.4, -0.2) is 58.1 Å². The van der Waals surface area contributed by atoms with Crippen molar-refractivity contribution in [2.24, 2.45) is 0 Å². The highest BCUT2D eigenvalue weighted by Gasteiger charge is 2.23. The maximum absolute atomic E-state index is 14.3. The van der Waals surface area contributed by atoms with Crippen LogP contribution in [0.25, 0.3) is 0 Å². The SMILES string of the molecule is CCn1ccnc1SCC(=O)N1CCN(c2ccc(C(C)=O)cc2F)CC1. The van der Waals surface area contributed by atoms with Gasteiger partial charge in [0.1, 0.15) is 5.82 Å². The topological polar surface area (TPSA) is 58.4 Å². The number of Topliss-reactive ketones (excluding diaryl/α,β-unsaturated/α-hetero) is 1. The Bertz CT molecular complexity index is 831. The Labute approximate surface area is 162 Å². The molecule has 0 radical (unpaired) electrons. The van der Waals surface area contributed by atoms with Crippen LogP contribution in [0, 0.1) is 5.82 Å². The fraction of sp³-hybridized carbons (Fsp3) is 0.421. The van der Waals surface area contributed by atoms with Crippen LogP contribution in [0.3, 0.4) is 0 Å². The monoisotopic (exact) mass is 390 g/mol. The van der Waals surface area contributed by atoms with Gasteiger partial charge in [-0.25, -0.2) is 9.37 Å². The van der Waals surface area contributed by atoms with Gasteiger partial charge in [0.05, 0.1) is 11.4 Å². The summed E-state index contributed by atoms with van der Waals surface area (Å²) in [4.78, 5) is 31.8. The van der Waals surface area contributed by atoms with Gasteiger partial charge in [0.25, 0.3) is 0 Å². The second-order valence-corrected chi connectivity index (χ2v) is 7.32. The Morgan fingerprint density at radius 2 is 1.96 bits per heavy atom. The van der Waals surface area contributed by atoms with Crippen molar-refractivity contribution in [3.63, 3.8) is 0 Å². The van der Waals surface area contributed by atoms with E-state index in [1.54, 1.807) is 18.3 Å². The molecule has 0 bridgehead atoms. The standard InChI is InChI=1S/C19H23FN4O2S/c1-3-22-7-6-21-19(22)27-13-18(26)24-10-8-23(9-11-24)17-5-4-15(14(2)25)12-16(17)20/h4-7,12H,3,8-11,13H2,1-2H3. The maximum Gasteiger partial charge on any atom is 0.233 e. The van der Waals surface area contributed by atoms with E-state index in [1.165, 1.54) is 24.8 Å². The van der Waals surface area contributed by atoms with Gasteiger partial charge in [0.2, 0.25) is 5.91 Å². The highest BCUT2D eigenvalue weighted by atomic mass is 32.2. The number of piperazine rings is 1. The summed E-state index contributed by atoms with van der Waals surface area (Å²) in [5.74, 6) is -0.141. The molecule has 6 nitrogen and oxygen atoms in total. The zero-order valence-electron chi connectivity index (χ0n) is 15.5. The summed E-state index contributed by atoms with van der Waals surface area (Å²) < 4.78 is 16.3. The molecule has 2 aromatic rings. The Morgan fingerprint density at radius 1 is 1.22 bits per heavy atom. The normalized spacial score (nSPS) is 14.5. The number of thioether (sulfide) groups is 1. The first-order valence-corrected chi connectivity index (χ1v) is 9.95. The number of carbonyl (C=O) groups excluding carboxylic acids is 2. The smallest absolute Gasteiger partial charge is 0.233 e. The van der Waals surface area contributed by atoms with Crippen molar-refractivity contribution in [1.29, 1.82) is 0 Å². The second-order valence-electron chi connectivity index (χ2n) is 6.37. The van der Waals surface area contributed by atoms with E-state index in [2.05, 4.69) is 4.98 Å². The van der Waals surface area contributed by atoms with Crippen LogP contribution in [0.15, 0.2) is 35.7 Å². The predicted octanol–water partition coefficient (Wildman–Crippen LogP) is 2.69. The maximum atomic E-state index is 14.3. The molecule has 0 N–H and O–H groups in total. The minimum atomic E-state index is -0.399. The third kappa shape index (κ3) is 4.50. The van der Waals surface area contributed by atoms with Crippen LogP contribution >= 0.6 is 11.8 Å². The van der Waals surface area contributed by atoms with Crippen molar-refractivity contribution in [3.8, 4) is 0 Å². The van der Waals surface area contributed by atoms with Gasteiger partial charge >= 0.3 is 0 Å². The summed E-state index contributed by atoms with van der Waals surface area (Å²) in [6.07, 6.45) is 3.64. The summed E-state index contributed by atoms with van der Waals surface area (Å²) in [6.45, 7) is 6.51. The minimum Gasteiger partial charge on any atom is -0.366 e. The van der Waals surface area contributed by atoms with Crippen molar-refractivity contribution in [2.75, 3.05) is 36.8 Å². The Kier molecular flexibility index (Phi) is 6.15. The van der Waals surface area contributed by atoms with E-state index in [0.29, 0.717) is 43.2 Å². The first kappa shape index (κ1) is 19.4. The lowest BCUT2D eigenvalue weighted by Gasteiger charge is -2.36. The van der Waals surface area contributed by atoms with E-state index in [4.69, 9.17) is 0 Å². The van der Waals surface area contributed by atoms with Gasteiger partial charge in [-0.15, -0.1) is 0 Å². The summed E-state index contributed by atoms with van der Waals surface area (Å²) >= 11 is 1.44. The lowest BCUT2D eigenvalue weighted by Crippen LogP contribution is -2.49. The van der Waals surface area contributed by atoms with E-state index < -0.39 is 5.82 Å². The number of rotatable bonds is 6. The molecular weight excluding hydrogens is 367 g/mol. The highest BCUT2D eigenvalue weighted by Crippen LogP contribution is 2.23. The summed E-state index contributed by atoms with van der Waals surface area (Å²) in [6, 6.07) is 4.57. The van der Waals surface area contributed by atoms with Crippen LogP contribution in [-0.2, 0) is 11.3 Å². The van der Waals surface area contributed by atoms with E-state index in [1.807, 2.05) is 27.5 Å². The van der Waals surface area contributed by atoms with E-state index in [9.17, 15) is 14.0 Å². The van der Waals surface area contributed by atoms with Crippen LogP contribution in [0.1, 0.15) is 24.2 Å². The molecule has 1 aromatic carbocycles. The second kappa shape index (κ2) is 8.56. The van der Waals surface area contributed by atoms with Crippen LogP contribution in [0.4, 0.5) is 10.1 Å². The van der Waals surface area contributed by atoms with Gasteiger partial charge in [-0.3, -0.25) is 9.59 Å². The van der Waals surface area contributed by atoms with Crippen molar-refractivity contribution < 1.29 is 14.0 Å². The summed E-state index contributed by atoms with van der Waals surface area (Å²) in [5, 5.41) is 0.845. The molecule has 144 valence electrons. The zero-order valence-corrected chi connectivity index (χ0v) is 16.3. The number of aromatic nitrogens is 2.